The molecule has 1 aromatic carbocycles. The summed E-state index contributed by atoms with van der Waals surface area (Å²) in [4.78, 5) is 45.8. The molecule has 0 radical (unpaired) electrons. The minimum absolute atomic E-state index is 0.0117. The third-order valence-corrected chi connectivity index (χ3v) is 7.87. The van der Waals surface area contributed by atoms with Crippen LogP contribution in [0, 0.1) is 6.92 Å². The number of hydrogen-bond donors (Lipinski definition) is 3. The molecule has 1 aliphatic carbocycles. The topological polar surface area (TPSA) is 113 Å². The number of nitrogens with zero attached hydrogens (tertiary/aromatic N) is 2. The van der Waals surface area contributed by atoms with Crippen LogP contribution in [0.2, 0.25) is 0 Å². The predicted molar refractivity (Wildman–Crippen MR) is 150 cm³/mol. The number of rotatable bonds is 7. The van der Waals surface area contributed by atoms with Crippen LogP contribution in [0.15, 0.2) is 43.1 Å². The van der Waals surface area contributed by atoms with Crippen molar-refractivity contribution < 1.29 is 19.1 Å². The molecule has 1 unspecified atom stereocenters. The lowest BCUT2D eigenvalue weighted by atomic mass is 9.91. The average Bonchev–Trinajstić information content (AvgIpc) is 3.24. The largest absolute Gasteiger partial charge is 0.491 e. The summed E-state index contributed by atoms with van der Waals surface area (Å²) >= 11 is 1.26. The van der Waals surface area contributed by atoms with Crippen molar-refractivity contribution in [2.45, 2.75) is 64.6 Å². The molecule has 38 heavy (non-hydrogen) atoms. The Morgan fingerprint density at radius 3 is 2.68 bits per heavy atom. The Morgan fingerprint density at radius 2 is 1.97 bits per heavy atom. The molecular formula is C28H31N5O4S. The van der Waals surface area contributed by atoms with Gasteiger partial charge in [-0.15, -0.1) is 11.3 Å². The highest BCUT2D eigenvalue weighted by molar-refractivity contribution is 7.21. The third-order valence-electron chi connectivity index (χ3n) is 6.77. The molecule has 5 rings (SSSR count). The van der Waals surface area contributed by atoms with Gasteiger partial charge in [0.1, 0.15) is 15.5 Å². The second-order valence-corrected chi connectivity index (χ2v) is 10.9. The van der Waals surface area contributed by atoms with Crippen LogP contribution in [0.25, 0.3) is 10.2 Å². The molecule has 2 aromatic heterocycles. The molecular weight excluding hydrogens is 502 g/mol. The highest BCUT2D eigenvalue weighted by Gasteiger charge is 2.34. The van der Waals surface area contributed by atoms with Gasteiger partial charge in [0.2, 0.25) is 5.91 Å². The lowest BCUT2D eigenvalue weighted by Gasteiger charge is -2.31. The molecule has 3 aromatic rings. The molecule has 3 heterocycles. The van der Waals surface area contributed by atoms with Crippen LogP contribution in [0.4, 0.5) is 21.9 Å². The first-order valence-corrected chi connectivity index (χ1v) is 13.6. The maximum atomic E-state index is 13.4. The second-order valence-electron chi connectivity index (χ2n) is 9.94. The molecule has 2 aliphatic rings. The number of pyridine rings is 1. The predicted octanol–water partition coefficient (Wildman–Crippen LogP) is 5.42. The molecule has 0 spiro atoms. The molecule has 9 nitrogen and oxygen atoms in total. The van der Waals surface area contributed by atoms with Crippen LogP contribution >= 0.6 is 11.3 Å². The van der Waals surface area contributed by atoms with Gasteiger partial charge in [-0.2, -0.15) is 0 Å². The number of thiophene rings is 1. The number of nitrogens with one attached hydrogen (secondary N) is 3. The summed E-state index contributed by atoms with van der Waals surface area (Å²) < 4.78 is 5.80. The van der Waals surface area contributed by atoms with Gasteiger partial charge in [-0.25, -0.2) is 9.78 Å². The standard InChI is InChI=1S/C28H31N5O4S/c1-5-22(34)30-17-7-6-8-18(14-17)31-26(35)25-24-23-21(11-12-29-27(23)38-25)33(28(36)32-24)20-10-9-19(13-16(20)4)37-15(2)3/h5,9-13,15,17-18H,1,6-8,14H2,2-4H3,(H,30,34)(H,31,35)(H,32,36)/t17-,18?/m0/s1. The Labute approximate surface area is 225 Å². The number of carbonyl (C=O) groups is 3. The SMILES string of the molecule is C=CC(=O)N[C@H]1CCCC(NC(=O)c2sc3nccc4c3c2NC(=O)N4c2ccc(OC(C)C)cc2C)C1. The first-order valence-electron chi connectivity index (χ1n) is 12.8. The van der Waals surface area contributed by atoms with Gasteiger partial charge in [-0.1, -0.05) is 6.58 Å². The summed E-state index contributed by atoms with van der Waals surface area (Å²) in [6, 6.07) is 6.99. The third kappa shape index (κ3) is 4.96. The van der Waals surface area contributed by atoms with Crippen LogP contribution in [0.1, 0.15) is 54.8 Å². The number of ether oxygens (including phenoxy) is 1. The van der Waals surface area contributed by atoms with Crippen molar-refractivity contribution in [3.05, 3.63) is 53.6 Å². The van der Waals surface area contributed by atoms with Gasteiger partial charge in [-0.3, -0.25) is 14.5 Å². The lowest BCUT2D eigenvalue weighted by Crippen LogP contribution is -2.45. The van der Waals surface area contributed by atoms with E-state index in [1.54, 1.807) is 17.2 Å². The molecule has 1 fully saturated rings. The Balaban J connectivity index is 1.43. The monoisotopic (exact) mass is 533 g/mol. The Hall–Kier alpha value is -3.92. The average molecular weight is 534 g/mol. The smallest absolute Gasteiger partial charge is 0.331 e. The van der Waals surface area contributed by atoms with Crippen molar-refractivity contribution >= 4 is 56.5 Å². The van der Waals surface area contributed by atoms with Crippen LogP contribution < -0.4 is 25.6 Å². The summed E-state index contributed by atoms with van der Waals surface area (Å²) in [6.07, 6.45) is 6.19. The molecule has 198 valence electrons. The van der Waals surface area contributed by atoms with E-state index in [-0.39, 0.29) is 36.0 Å². The maximum Gasteiger partial charge on any atom is 0.331 e. The molecule has 0 bridgehead atoms. The fraction of sp³-hybridized carbons (Fsp3) is 0.357. The fourth-order valence-corrected chi connectivity index (χ4v) is 6.19. The van der Waals surface area contributed by atoms with Crippen molar-refractivity contribution in [2.75, 3.05) is 10.2 Å². The molecule has 2 atom stereocenters. The molecule has 0 saturated heterocycles. The number of amides is 4. The number of aryl methyl sites for hydroxylation is 1. The number of anilines is 3. The van der Waals surface area contributed by atoms with E-state index in [1.165, 1.54) is 17.4 Å². The number of benzene rings is 1. The van der Waals surface area contributed by atoms with E-state index in [2.05, 4.69) is 27.5 Å². The number of aromatic nitrogens is 1. The van der Waals surface area contributed by atoms with Crippen LogP contribution in [0.3, 0.4) is 0 Å². The van der Waals surface area contributed by atoms with Crippen LogP contribution in [-0.2, 0) is 4.79 Å². The first-order chi connectivity index (χ1) is 18.2. The van der Waals surface area contributed by atoms with Crippen LogP contribution in [-0.4, -0.2) is 41.0 Å². The van der Waals surface area contributed by atoms with E-state index < -0.39 is 0 Å². The maximum absolute atomic E-state index is 13.4. The summed E-state index contributed by atoms with van der Waals surface area (Å²) in [5, 5.41) is 9.73. The van der Waals surface area contributed by atoms with E-state index in [4.69, 9.17) is 4.74 Å². The zero-order chi connectivity index (χ0) is 27.0. The summed E-state index contributed by atoms with van der Waals surface area (Å²) in [7, 11) is 0. The summed E-state index contributed by atoms with van der Waals surface area (Å²) in [5.74, 6) is 0.275. The zero-order valence-electron chi connectivity index (χ0n) is 21.7. The fourth-order valence-electron chi connectivity index (χ4n) is 5.17. The van der Waals surface area contributed by atoms with E-state index in [1.807, 2.05) is 39.0 Å². The normalized spacial score (nSPS) is 18.7. The number of carbonyl (C=O) groups excluding carboxylic acids is 3. The lowest BCUT2D eigenvalue weighted by molar-refractivity contribution is -0.117. The Kier molecular flexibility index (Phi) is 7.07. The highest BCUT2D eigenvalue weighted by atomic mass is 32.1. The van der Waals surface area contributed by atoms with Crippen molar-refractivity contribution in [3.8, 4) is 5.75 Å². The Morgan fingerprint density at radius 1 is 1.21 bits per heavy atom. The van der Waals surface area contributed by atoms with Crippen LogP contribution in [0.5, 0.6) is 5.75 Å². The van der Waals surface area contributed by atoms with E-state index in [9.17, 15) is 14.4 Å². The van der Waals surface area contributed by atoms with Gasteiger partial charge in [0.15, 0.2) is 0 Å². The minimum Gasteiger partial charge on any atom is -0.491 e. The van der Waals surface area contributed by atoms with Crippen molar-refractivity contribution in [1.82, 2.24) is 15.6 Å². The summed E-state index contributed by atoms with van der Waals surface area (Å²) in [5.41, 5.74) is 2.77. The Bertz CT molecular complexity index is 1430. The van der Waals surface area contributed by atoms with Gasteiger partial charge in [0.05, 0.1) is 28.6 Å². The first kappa shape index (κ1) is 25.7. The zero-order valence-corrected chi connectivity index (χ0v) is 22.5. The highest BCUT2D eigenvalue weighted by Crippen LogP contribution is 2.46. The van der Waals surface area contributed by atoms with Gasteiger partial charge in [-0.05, 0) is 82.4 Å². The van der Waals surface area contributed by atoms with Gasteiger partial charge < -0.3 is 20.7 Å². The van der Waals surface area contributed by atoms with E-state index in [0.29, 0.717) is 27.5 Å². The quantitative estimate of drug-likeness (QED) is 0.351. The second kappa shape index (κ2) is 10.4. The molecule has 4 amide bonds. The van der Waals surface area contributed by atoms with Gasteiger partial charge >= 0.3 is 6.03 Å². The molecule has 3 N–H and O–H groups in total. The van der Waals surface area contributed by atoms with Gasteiger partial charge in [0, 0.05) is 18.3 Å². The molecule has 1 saturated carbocycles. The number of urea groups is 1. The van der Waals surface area contributed by atoms with Crippen molar-refractivity contribution in [1.29, 1.82) is 0 Å². The van der Waals surface area contributed by atoms with E-state index in [0.717, 1.165) is 41.6 Å². The van der Waals surface area contributed by atoms with E-state index >= 15 is 0 Å². The minimum atomic E-state index is -0.344. The van der Waals surface area contributed by atoms with Crippen molar-refractivity contribution in [3.63, 3.8) is 0 Å². The van der Waals surface area contributed by atoms with Crippen molar-refractivity contribution in [2.24, 2.45) is 0 Å². The summed E-state index contributed by atoms with van der Waals surface area (Å²) in [6.45, 7) is 9.37. The molecule has 1 aliphatic heterocycles. The number of hydrogen-bond acceptors (Lipinski definition) is 6. The van der Waals surface area contributed by atoms with Gasteiger partial charge in [0.25, 0.3) is 5.91 Å². The molecule has 10 heteroatoms.